The van der Waals surface area contributed by atoms with Gasteiger partial charge in [0.2, 0.25) is 0 Å². The molecule has 5 rings (SSSR count). The summed E-state index contributed by atoms with van der Waals surface area (Å²) in [7, 11) is 0. The van der Waals surface area contributed by atoms with Crippen molar-refractivity contribution in [1.82, 2.24) is 0 Å². The van der Waals surface area contributed by atoms with E-state index in [1.165, 1.54) is 10.8 Å². The van der Waals surface area contributed by atoms with E-state index in [0.29, 0.717) is 0 Å². The third-order valence-corrected chi connectivity index (χ3v) is 5.19. The minimum Gasteiger partial charge on any atom is -0.355 e. The van der Waals surface area contributed by atoms with Gasteiger partial charge in [-0.05, 0) is 28.5 Å². The quantitative estimate of drug-likeness (QED) is 0.509. The van der Waals surface area contributed by atoms with Crippen molar-refractivity contribution in [2.45, 2.75) is 5.54 Å². The Morgan fingerprint density at radius 2 is 1.08 bits per heavy atom. The number of anilines is 2. The zero-order valence-electron chi connectivity index (χ0n) is 13.7. The predicted octanol–water partition coefficient (Wildman–Crippen LogP) is 5.15. The van der Waals surface area contributed by atoms with E-state index in [0.717, 1.165) is 28.1 Å². The molecule has 120 valence electrons. The average Bonchev–Trinajstić information content (AvgIpc) is 2.68. The third-order valence-electron chi connectivity index (χ3n) is 5.19. The molecule has 0 atom stereocenters. The normalized spacial score (nSPS) is 14.4. The summed E-state index contributed by atoms with van der Waals surface area (Å²) in [5, 5.41) is 5.93. The van der Waals surface area contributed by atoms with Crippen molar-refractivity contribution in [2.24, 2.45) is 5.73 Å². The van der Waals surface area contributed by atoms with E-state index >= 15 is 0 Å². The van der Waals surface area contributed by atoms with E-state index < -0.39 is 5.54 Å². The van der Waals surface area contributed by atoms with Crippen molar-refractivity contribution in [3.8, 4) is 0 Å². The van der Waals surface area contributed by atoms with Crippen molar-refractivity contribution in [3.63, 3.8) is 0 Å². The highest BCUT2D eigenvalue weighted by Crippen LogP contribution is 2.47. The Bertz CT molecular complexity index is 1050. The smallest absolute Gasteiger partial charge is 0.0969 e. The van der Waals surface area contributed by atoms with Gasteiger partial charge in [0.25, 0.3) is 0 Å². The van der Waals surface area contributed by atoms with Crippen molar-refractivity contribution in [1.29, 1.82) is 0 Å². The first kappa shape index (κ1) is 14.3. The zero-order chi connectivity index (χ0) is 16.9. The van der Waals surface area contributed by atoms with Gasteiger partial charge >= 0.3 is 0 Å². The summed E-state index contributed by atoms with van der Waals surface area (Å²) in [5.41, 5.74) is 12.0. The van der Waals surface area contributed by atoms with Crippen LogP contribution in [0.2, 0.25) is 0 Å². The second kappa shape index (κ2) is 5.20. The minimum atomic E-state index is -0.695. The number of hydrogen-bond acceptors (Lipinski definition) is 2. The Balaban J connectivity index is 1.91. The molecule has 2 nitrogen and oxygen atoms in total. The summed E-state index contributed by atoms with van der Waals surface area (Å²) in [5.74, 6) is 0. The van der Waals surface area contributed by atoms with E-state index in [2.05, 4.69) is 84.2 Å². The number of rotatable bonds is 1. The maximum atomic E-state index is 7.23. The summed E-state index contributed by atoms with van der Waals surface area (Å²) < 4.78 is 0. The van der Waals surface area contributed by atoms with Crippen molar-refractivity contribution in [2.75, 3.05) is 5.32 Å². The third kappa shape index (κ3) is 1.95. The Morgan fingerprint density at radius 1 is 0.560 bits per heavy atom. The van der Waals surface area contributed by atoms with Gasteiger partial charge in [0, 0.05) is 22.5 Å². The molecule has 0 bridgehead atoms. The predicted molar refractivity (Wildman–Crippen MR) is 104 cm³/mol. The maximum Gasteiger partial charge on any atom is 0.0969 e. The lowest BCUT2D eigenvalue weighted by Crippen LogP contribution is -2.42. The number of fused-ring (bicyclic) bond motifs is 3. The molecule has 0 amide bonds. The van der Waals surface area contributed by atoms with Gasteiger partial charge in [-0.2, -0.15) is 0 Å². The van der Waals surface area contributed by atoms with Crippen LogP contribution in [0.5, 0.6) is 0 Å². The lowest BCUT2D eigenvalue weighted by Gasteiger charge is -2.39. The fourth-order valence-electron chi connectivity index (χ4n) is 4.02. The first-order valence-electron chi connectivity index (χ1n) is 8.51. The lowest BCUT2D eigenvalue weighted by molar-refractivity contribution is 0.656. The summed E-state index contributed by atoms with van der Waals surface area (Å²) in [4.78, 5) is 0. The minimum absolute atomic E-state index is 0.695. The molecule has 4 aromatic rings. The van der Waals surface area contributed by atoms with Gasteiger partial charge in [-0.1, -0.05) is 78.9 Å². The van der Waals surface area contributed by atoms with Crippen molar-refractivity contribution < 1.29 is 0 Å². The summed E-state index contributed by atoms with van der Waals surface area (Å²) in [6.07, 6.45) is 0. The molecule has 1 heterocycles. The molecule has 25 heavy (non-hydrogen) atoms. The van der Waals surface area contributed by atoms with Gasteiger partial charge in [0.05, 0.1) is 5.54 Å². The van der Waals surface area contributed by atoms with Gasteiger partial charge in [-0.15, -0.1) is 0 Å². The molecule has 4 aromatic carbocycles. The number of nitrogens with two attached hydrogens (primary N) is 1. The molecule has 0 radical (unpaired) electrons. The van der Waals surface area contributed by atoms with Gasteiger partial charge in [0.1, 0.15) is 0 Å². The maximum absolute atomic E-state index is 7.23. The molecule has 0 saturated heterocycles. The van der Waals surface area contributed by atoms with Gasteiger partial charge in [0.15, 0.2) is 0 Å². The van der Waals surface area contributed by atoms with Gasteiger partial charge in [-0.25, -0.2) is 0 Å². The molecule has 0 aromatic heterocycles. The van der Waals surface area contributed by atoms with Crippen molar-refractivity contribution >= 4 is 22.1 Å². The number of nitrogens with one attached hydrogen (secondary N) is 1. The largest absolute Gasteiger partial charge is 0.355 e. The van der Waals surface area contributed by atoms with E-state index in [4.69, 9.17) is 5.73 Å². The second-order valence-electron chi connectivity index (χ2n) is 6.55. The molecule has 3 N–H and O–H groups in total. The van der Waals surface area contributed by atoms with E-state index in [1.54, 1.807) is 0 Å². The SMILES string of the molecule is NC1(c2cccc3ccccc23)c2ccccc2Nc2ccccc21. The van der Waals surface area contributed by atoms with Crippen LogP contribution in [0.15, 0.2) is 91.0 Å². The molecule has 0 spiro atoms. The van der Waals surface area contributed by atoms with Gasteiger partial charge in [-0.3, -0.25) is 0 Å². The number of hydrogen-bond donors (Lipinski definition) is 2. The van der Waals surface area contributed by atoms with E-state index in [-0.39, 0.29) is 0 Å². The molecule has 0 fully saturated rings. The highest BCUT2D eigenvalue weighted by atomic mass is 14.9. The molecule has 2 heteroatoms. The number of para-hydroxylation sites is 2. The van der Waals surface area contributed by atoms with Crippen LogP contribution in [0.3, 0.4) is 0 Å². The van der Waals surface area contributed by atoms with E-state index in [9.17, 15) is 0 Å². The Kier molecular flexibility index (Phi) is 2.97. The van der Waals surface area contributed by atoms with Crippen LogP contribution >= 0.6 is 0 Å². The van der Waals surface area contributed by atoms with Crippen molar-refractivity contribution in [3.05, 3.63) is 108 Å². The van der Waals surface area contributed by atoms with Crippen LogP contribution in [0.1, 0.15) is 16.7 Å². The molecular formula is C23H18N2. The summed E-state index contributed by atoms with van der Waals surface area (Å²) in [6.45, 7) is 0. The second-order valence-corrected chi connectivity index (χ2v) is 6.55. The molecule has 0 saturated carbocycles. The first-order chi connectivity index (χ1) is 12.3. The first-order valence-corrected chi connectivity index (χ1v) is 8.51. The fourth-order valence-corrected chi connectivity index (χ4v) is 4.02. The zero-order valence-corrected chi connectivity index (χ0v) is 13.7. The van der Waals surface area contributed by atoms with E-state index in [1.807, 2.05) is 12.1 Å². The lowest BCUT2D eigenvalue weighted by atomic mass is 9.73. The van der Waals surface area contributed by atoms with Crippen LogP contribution < -0.4 is 11.1 Å². The Hall–Kier alpha value is -3.10. The van der Waals surface area contributed by atoms with Crippen LogP contribution in [0.25, 0.3) is 10.8 Å². The Morgan fingerprint density at radius 3 is 1.80 bits per heavy atom. The topological polar surface area (TPSA) is 38.0 Å². The number of benzene rings is 4. The van der Waals surface area contributed by atoms with Gasteiger partial charge < -0.3 is 11.1 Å². The average molecular weight is 322 g/mol. The highest BCUT2D eigenvalue weighted by Gasteiger charge is 2.39. The van der Waals surface area contributed by atoms with Crippen LogP contribution in [-0.4, -0.2) is 0 Å². The highest BCUT2D eigenvalue weighted by molar-refractivity contribution is 5.90. The van der Waals surface area contributed by atoms with Crippen LogP contribution in [0, 0.1) is 0 Å². The summed E-state index contributed by atoms with van der Waals surface area (Å²) in [6, 6.07) is 31.5. The standard InChI is InChI=1S/C23H18N2/c24-23(18-13-7-9-16-8-1-2-10-17(16)18)19-11-3-5-14-21(19)25-22-15-6-4-12-20(22)23/h1-15,25H,24H2. The summed E-state index contributed by atoms with van der Waals surface area (Å²) >= 11 is 0. The van der Waals surface area contributed by atoms with Crippen LogP contribution in [0.4, 0.5) is 11.4 Å². The van der Waals surface area contributed by atoms with Crippen LogP contribution in [-0.2, 0) is 5.54 Å². The molecule has 0 unspecified atom stereocenters. The molecule has 1 aliphatic rings. The molecular weight excluding hydrogens is 304 g/mol. The molecule has 0 aliphatic carbocycles. The fraction of sp³-hybridized carbons (Fsp3) is 0.0435. The Labute approximate surface area is 146 Å². The monoisotopic (exact) mass is 322 g/mol. The molecule has 1 aliphatic heterocycles.